The van der Waals surface area contributed by atoms with Gasteiger partial charge in [0.2, 0.25) is 0 Å². The molecule has 0 aliphatic rings. The normalized spacial score (nSPS) is 10.3. The van der Waals surface area contributed by atoms with Crippen LogP contribution in [-0.4, -0.2) is 20.6 Å². The zero-order chi connectivity index (χ0) is 18.5. The summed E-state index contributed by atoms with van der Waals surface area (Å²) in [7, 11) is 0. The Morgan fingerprint density at radius 2 is 2.04 bits per heavy atom. The monoisotopic (exact) mass is 372 g/mol. The second-order valence-electron chi connectivity index (χ2n) is 5.20. The van der Waals surface area contributed by atoms with Crippen molar-refractivity contribution in [3.05, 3.63) is 81.6 Å². The molecule has 0 aliphatic heterocycles. The van der Waals surface area contributed by atoms with E-state index in [0.717, 1.165) is 0 Å². The molecule has 1 heterocycles. The van der Waals surface area contributed by atoms with E-state index in [1.165, 1.54) is 28.9 Å². The molecular formula is C17H13ClN4O4. The first-order valence-corrected chi connectivity index (χ1v) is 7.87. The Balaban J connectivity index is 1.66. The van der Waals surface area contributed by atoms with E-state index in [-0.39, 0.29) is 23.8 Å². The summed E-state index contributed by atoms with van der Waals surface area (Å²) in [6.07, 6.45) is 1.57. The quantitative estimate of drug-likeness (QED) is 0.525. The van der Waals surface area contributed by atoms with Gasteiger partial charge < -0.3 is 10.1 Å². The molecule has 3 rings (SSSR count). The smallest absolute Gasteiger partial charge is 0.292 e. The van der Waals surface area contributed by atoms with Gasteiger partial charge in [0.05, 0.1) is 4.92 Å². The first-order chi connectivity index (χ1) is 12.5. The second kappa shape index (κ2) is 7.66. The number of carbonyl (C=O) groups is 1. The lowest BCUT2D eigenvalue weighted by atomic mass is 10.2. The standard InChI is InChI=1S/C17H13ClN4O4/c18-12-4-3-5-13(10-12)26-11-21-9-8-15(20-21)17(23)19-14-6-1-2-7-16(14)22(24)25/h1-10H,11H2,(H,19,23). The Bertz CT molecular complexity index is 957. The van der Waals surface area contributed by atoms with E-state index in [4.69, 9.17) is 16.3 Å². The SMILES string of the molecule is O=C(Nc1ccccc1[N+](=O)[O-])c1ccn(COc2cccc(Cl)c2)n1. The fraction of sp³-hybridized carbons (Fsp3) is 0.0588. The Hall–Kier alpha value is -3.39. The van der Waals surface area contributed by atoms with Crippen molar-refractivity contribution in [1.29, 1.82) is 0 Å². The number of para-hydroxylation sites is 2. The van der Waals surface area contributed by atoms with E-state index >= 15 is 0 Å². The minimum atomic E-state index is -0.562. The number of halogens is 1. The molecule has 0 radical (unpaired) electrons. The van der Waals surface area contributed by atoms with Crippen molar-refractivity contribution < 1.29 is 14.5 Å². The van der Waals surface area contributed by atoms with Crippen molar-refractivity contribution in [3.63, 3.8) is 0 Å². The third-order valence-corrected chi connectivity index (χ3v) is 3.62. The zero-order valence-electron chi connectivity index (χ0n) is 13.3. The Labute approximate surface area is 153 Å². The van der Waals surface area contributed by atoms with Crippen LogP contribution >= 0.6 is 11.6 Å². The molecule has 132 valence electrons. The number of nitrogens with one attached hydrogen (secondary N) is 1. The summed E-state index contributed by atoms with van der Waals surface area (Å²) >= 11 is 5.88. The molecule has 1 amide bonds. The van der Waals surface area contributed by atoms with Gasteiger partial charge in [0.25, 0.3) is 11.6 Å². The molecule has 0 saturated heterocycles. The Morgan fingerprint density at radius 1 is 1.23 bits per heavy atom. The van der Waals surface area contributed by atoms with Crippen molar-refractivity contribution in [2.45, 2.75) is 6.73 Å². The maximum absolute atomic E-state index is 12.3. The first kappa shape index (κ1) is 17.4. The predicted molar refractivity (Wildman–Crippen MR) is 95.4 cm³/mol. The number of nitrogens with zero attached hydrogens (tertiary/aromatic N) is 3. The summed E-state index contributed by atoms with van der Waals surface area (Å²) in [4.78, 5) is 22.7. The van der Waals surface area contributed by atoms with E-state index < -0.39 is 10.8 Å². The molecule has 2 aromatic carbocycles. The number of nitro groups is 1. The van der Waals surface area contributed by atoms with Gasteiger partial charge in [0, 0.05) is 17.3 Å². The topological polar surface area (TPSA) is 99.3 Å². The van der Waals surface area contributed by atoms with E-state index in [1.54, 1.807) is 36.5 Å². The highest BCUT2D eigenvalue weighted by atomic mass is 35.5. The van der Waals surface area contributed by atoms with Crippen molar-refractivity contribution >= 4 is 28.9 Å². The highest BCUT2D eigenvalue weighted by Gasteiger charge is 2.17. The van der Waals surface area contributed by atoms with Crippen LogP contribution in [-0.2, 0) is 6.73 Å². The van der Waals surface area contributed by atoms with E-state index in [1.807, 2.05) is 0 Å². The van der Waals surface area contributed by atoms with Gasteiger partial charge in [-0.15, -0.1) is 0 Å². The van der Waals surface area contributed by atoms with Crippen LogP contribution in [0.4, 0.5) is 11.4 Å². The third kappa shape index (κ3) is 4.17. The average Bonchev–Trinajstić information content (AvgIpc) is 3.09. The average molecular weight is 373 g/mol. The van der Waals surface area contributed by atoms with E-state index in [9.17, 15) is 14.9 Å². The van der Waals surface area contributed by atoms with Crippen molar-refractivity contribution in [2.75, 3.05) is 5.32 Å². The van der Waals surface area contributed by atoms with Crippen LogP contribution in [0.15, 0.2) is 60.8 Å². The molecule has 3 aromatic rings. The molecule has 1 N–H and O–H groups in total. The van der Waals surface area contributed by atoms with Crippen LogP contribution in [0.5, 0.6) is 5.75 Å². The van der Waals surface area contributed by atoms with Gasteiger partial charge in [-0.05, 0) is 30.3 Å². The van der Waals surface area contributed by atoms with Crippen LogP contribution in [0.2, 0.25) is 5.02 Å². The number of aromatic nitrogens is 2. The molecule has 1 aromatic heterocycles. The highest BCUT2D eigenvalue weighted by Crippen LogP contribution is 2.23. The number of anilines is 1. The van der Waals surface area contributed by atoms with E-state index in [0.29, 0.717) is 10.8 Å². The first-order valence-electron chi connectivity index (χ1n) is 7.49. The zero-order valence-corrected chi connectivity index (χ0v) is 14.1. The fourth-order valence-electron chi connectivity index (χ4n) is 2.18. The van der Waals surface area contributed by atoms with Crippen molar-refractivity contribution in [1.82, 2.24) is 9.78 Å². The van der Waals surface area contributed by atoms with Crippen molar-refractivity contribution in [3.8, 4) is 5.75 Å². The summed E-state index contributed by atoms with van der Waals surface area (Å²) < 4.78 is 6.96. The van der Waals surface area contributed by atoms with Crippen LogP contribution < -0.4 is 10.1 Å². The lowest BCUT2D eigenvalue weighted by molar-refractivity contribution is -0.383. The molecule has 26 heavy (non-hydrogen) atoms. The van der Waals surface area contributed by atoms with Crippen molar-refractivity contribution in [2.24, 2.45) is 0 Å². The molecule has 0 aliphatic carbocycles. The summed E-state index contributed by atoms with van der Waals surface area (Å²) in [5.41, 5.74) is 0.0228. The van der Waals surface area contributed by atoms with Gasteiger partial charge >= 0.3 is 0 Å². The Kier molecular flexibility index (Phi) is 5.14. The highest BCUT2D eigenvalue weighted by molar-refractivity contribution is 6.30. The predicted octanol–water partition coefficient (Wildman–Crippen LogP) is 3.73. The lowest BCUT2D eigenvalue weighted by Gasteiger charge is -2.06. The van der Waals surface area contributed by atoms with Gasteiger partial charge in [-0.2, -0.15) is 5.10 Å². The second-order valence-corrected chi connectivity index (χ2v) is 5.64. The molecule has 0 fully saturated rings. The number of ether oxygens (including phenoxy) is 1. The summed E-state index contributed by atoms with van der Waals surface area (Å²) in [5.74, 6) is 0.0136. The molecular weight excluding hydrogens is 360 g/mol. The number of hydrogen-bond acceptors (Lipinski definition) is 5. The van der Waals surface area contributed by atoms with Gasteiger partial charge in [0.1, 0.15) is 11.4 Å². The van der Waals surface area contributed by atoms with Gasteiger partial charge in [-0.3, -0.25) is 14.9 Å². The van der Waals surface area contributed by atoms with Gasteiger partial charge in [-0.25, -0.2) is 4.68 Å². The van der Waals surface area contributed by atoms with Crippen LogP contribution in [0.25, 0.3) is 0 Å². The van der Waals surface area contributed by atoms with Gasteiger partial charge in [0.15, 0.2) is 12.4 Å². The number of benzene rings is 2. The summed E-state index contributed by atoms with van der Waals surface area (Å²) in [6, 6.07) is 14.3. The number of nitro benzene ring substituents is 1. The molecule has 0 spiro atoms. The number of amides is 1. The number of hydrogen-bond donors (Lipinski definition) is 1. The van der Waals surface area contributed by atoms with Crippen LogP contribution in [0.3, 0.4) is 0 Å². The summed E-state index contributed by atoms with van der Waals surface area (Å²) in [5, 5.41) is 18.1. The Morgan fingerprint density at radius 3 is 2.81 bits per heavy atom. The minimum absolute atomic E-state index is 0.0824. The lowest BCUT2D eigenvalue weighted by Crippen LogP contribution is -2.15. The minimum Gasteiger partial charge on any atom is -0.471 e. The molecule has 0 saturated carbocycles. The maximum Gasteiger partial charge on any atom is 0.292 e. The molecule has 0 atom stereocenters. The third-order valence-electron chi connectivity index (χ3n) is 3.38. The largest absolute Gasteiger partial charge is 0.471 e. The fourth-order valence-corrected chi connectivity index (χ4v) is 2.36. The molecule has 0 unspecified atom stereocenters. The summed E-state index contributed by atoms with van der Waals surface area (Å²) in [6.45, 7) is 0.0824. The number of carbonyl (C=O) groups excluding carboxylic acids is 1. The van der Waals surface area contributed by atoms with Crippen LogP contribution in [0.1, 0.15) is 10.5 Å². The molecule has 9 heteroatoms. The maximum atomic E-state index is 12.3. The molecule has 0 bridgehead atoms. The number of rotatable bonds is 6. The van der Waals surface area contributed by atoms with E-state index in [2.05, 4.69) is 10.4 Å². The van der Waals surface area contributed by atoms with Gasteiger partial charge in [-0.1, -0.05) is 29.8 Å². The van der Waals surface area contributed by atoms with Crippen LogP contribution in [0, 0.1) is 10.1 Å². The molecule has 8 nitrogen and oxygen atoms in total.